The van der Waals surface area contributed by atoms with Crippen LogP contribution >= 0.6 is 0 Å². The molecule has 8 heavy (non-hydrogen) atoms. The molecule has 0 aromatic heterocycles. The van der Waals surface area contributed by atoms with Gasteiger partial charge in [-0.1, -0.05) is 12.2 Å². The van der Waals surface area contributed by atoms with Crippen molar-refractivity contribution < 1.29 is 9.18 Å². The van der Waals surface area contributed by atoms with E-state index in [0.29, 0.717) is 0 Å². The zero-order chi connectivity index (χ0) is 6.41. The average Bonchev–Trinajstić information content (AvgIpc) is 1.66. The molecule has 0 unspecified atom stereocenters. The van der Waals surface area contributed by atoms with Crippen molar-refractivity contribution in [2.24, 2.45) is 5.73 Å². The number of allylic oxidation sites excluding steroid dienone is 1. The molecule has 0 rings (SSSR count). The summed E-state index contributed by atoms with van der Waals surface area (Å²) in [6.45, 7) is -0.534. The average molecular weight is 117 g/mol. The Morgan fingerprint density at radius 2 is 2.25 bits per heavy atom. The molecule has 0 saturated carbocycles. The van der Waals surface area contributed by atoms with Crippen molar-refractivity contribution in [1.82, 2.24) is 0 Å². The third-order valence-corrected chi connectivity index (χ3v) is 0.575. The maximum Gasteiger partial charge on any atom is 0.221 e. The summed E-state index contributed by atoms with van der Waals surface area (Å²) in [6.07, 6.45) is 2.79. The first-order valence-electron chi connectivity index (χ1n) is 2.26. The summed E-state index contributed by atoms with van der Waals surface area (Å²) in [4.78, 5) is 9.92. The van der Waals surface area contributed by atoms with Crippen LogP contribution in [0.4, 0.5) is 4.39 Å². The van der Waals surface area contributed by atoms with Crippen LogP contribution in [0.15, 0.2) is 12.2 Å². The molecular formula is C5H8FNO. The molecule has 0 aliphatic rings. The number of primary amides is 1. The van der Waals surface area contributed by atoms with Crippen LogP contribution < -0.4 is 5.73 Å². The van der Waals surface area contributed by atoms with E-state index >= 15 is 0 Å². The molecular weight excluding hydrogens is 109 g/mol. The van der Waals surface area contributed by atoms with Crippen LogP contribution in [-0.2, 0) is 4.79 Å². The topological polar surface area (TPSA) is 43.1 Å². The monoisotopic (exact) mass is 117 g/mol. The molecule has 0 aliphatic heterocycles. The van der Waals surface area contributed by atoms with E-state index in [2.05, 4.69) is 0 Å². The zero-order valence-corrected chi connectivity index (χ0v) is 4.43. The van der Waals surface area contributed by atoms with Gasteiger partial charge in [0.2, 0.25) is 5.91 Å². The molecule has 0 aromatic carbocycles. The summed E-state index contributed by atoms with van der Waals surface area (Å²) in [5.74, 6) is -0.435. The minimum Gasteiger partial charge on any atom is -0.369 e. The molecule has 0 radical (unpaired) electrons. The highest BCUT2D eigenvalue weighted by Gasteiger charge is 1.83. The highest BCUT2D eigenvalue weighted by atomic mass is 19.1. The number of hydrogen-bond acceptors (Lipinski definition) is 1. The lowest BCUT2D eigenvalue weighted by atomic mass is 10.4. The Hall–Kier alpha value is -0.860. The van der Waals surface area contributed by atoms with E-state index in [1.807, 2.05) is 0 Å². The largest absolute Gasteiger partial charge is 0.369 e. The fourth-order valence-corrected chi connectivity index (χ4v) is 0.262. The van der Waals surface area contributed by atoms with Crippen molar-refractivity contribution in [3.63, 3.8) is 0 Å². The minimum absolute atomic E-state index is 0.129. The Balaban J connectivity index is 3.16. The van der Waals surface area contributed by atoms with Gasteiger partial charge < -0.3 is 5.73 Å². The Morgan fingerprint density at radius 1 is 1.62 bits per heavy atom. The standard InChI is InChI=1S/C5H8FNO/c6-4-2-1-3-5(7)8/h1-2H,3-4H2,(H2,7,8). The number of amides is 1. The molecule has 0 bridgehead atoms. The summed E-state index contributed by atoms with van der Waals surface area (Å²) in [5, 5.41) is 0. The smallest absolute Gasteiger partial charge is 0.221 e. The molecule has 0 heterocycles. The van der Waals surface area contributed by atoms with Gasteiger partial charge in [0, 0.05) is 6.42 Å². The van der Waals surface area contributed by atoms with Crippen molar-refractivity contribution in [3.8, 4) is 0 Å². The quantitative estimate of drug-likeness (QED) is 0.534. The molecule has 0 fully saturated rings. The van der Waals surface area contributed by atoms with Crippen molar-refractivity contribution in [3.05, 3.63) is 12.2 Å². The highest BCUT2D eigenvalue weighted by molar-refractivity contribution is 5.75. The first-order valence-corrected chi connectivity index (χ1v) is 2.26. The Bertz CT molecular complexity index is 101. The second-order valence-electron chi connectivity index (χ2n) is 1.30. The third kappa shape index (κ3) is 5.14. The maximum absolute atomic E-state index is 11.2. The zero-order valence-electron chi connectivity index (χ0n) is 4.43. The van der Waals surface area contributed by atoms with E-state index < -0.39 is 12.6 Å². The maximum atomic E-state index is 11.2. The van der Waals surface area contributed by atoms with E-state index in [-0.39, 0.29) is 6.42 Å². The van der Waals surface area contributed by atoms with Crippen molar-refractivity contribution in [2.45, 2.75) is 6.42 Å². The number of hydrogen-bond donors (Lipinski definition) is 1. The number of halogens is 1. The molecule has 0 aliphatic carbocycles. The summed E-state index contributed by atoms with van der Waals surface area (Å²) >= 11 is 0. The fourth-order valence-electron chi connectivity index (χ4n) is 0.262. The first-order chi connectivity index (χ1) is 3.77. The summed E-state index contributed by atoms with van der Waals surface area (Å²) in [5.41, 5.74) is 4.72. The molecule has 0 atom stereocenters. The lowest BCUT2D eigenvalue weighted by Crippen LogP contribution is -2.07. The van der Waals surface area contributed by atoms with E-state index in [1.165, 1.54) is 12.2 Å². The van der Waals surface area contributed by atoms with Crippen LogP contribution in [0.1, 0.15) is 6.42 Å². The molecule has 0 spiro atoms. The molecule has 0 saturated heterocycles. The number of alkyl halides is 1. The van der Waals surface area contributed by atoms with Gasteiger partial charge in [0.15, 0.2) is 0 Å². The van der Waals surface area contributed by atoms with Crippen LogP contribution in [0.25, 0.3) is 0 Å². The van der Waals surface area contributed by atoms with E-state index in [0.717, 1.165) is 0 Å². The molecule has 2 N–H and O–H groups in total. The van der Waals surface area contributed by atoms with E-state index in [9.17, 15) is 9.18 Å². The van der Waals surface area contributed by atoms with Gasteiger partial charge in [-0.2, -0.15) is 0 Å². The van der Waals surface area contributed by atoms with Gasteiger partial charge in [0.25, 0.3) is 0 Å². The summed E-state index contributed by atoms with van der Waals surface area (Å²) in [6, 6.07) is 0. The van der Waals surface area contributed by atoms with Gasteiger partial charge in [-0.05, 0) is 0 Å². The first kappa shape index (κ1) is 7.14. The van der Waals surface area contributed by atoms with Gasteiger partial charge in [-0.25, -0.2) is 4.39 Å². The number of rotatable bonds is 3. The van der Waals surface area contributed by atoms with Gasteiger partial charge >= 0.3 is 0 Å². The Kier molecular flexibility index (Phi) is 3.84. The van der Waals surface area contributed by atoms with Crippen LogP contribution in [0.3, 0.4) is 0 Å². The van der Waals surface area contributed by atoms with Crippen LogP contribution in [0.5, 0.6) is 0 Å². The fraction of sp³-hybridized carbons (Fsp3) is 0.400. The molecule has 0 aromatic rings. The molecule has 46 valence electrons. The Labute approximate surface area is 47.2 Å². The molecule has 3 heteroatoms. The summed E-state index contributed by atoms with van der Waals surface area (Å²) < 4.78 is 11.2. The van der Waals surface area contributed by atoms with Gasteiger partial charge in [0.05, 0.1) is 0 Å². The second-order valence-corrected chi connectivity index (χ2v) is 1.30. The lowest BCUT2D eigenvalue weighted by molar-refractivity contribution is -0.117. The van der Waals surface area contributed by atoms with E-state index in [4.69, 9.17) is 5.73 Å². The van der Waals surface area contributed by atoms with Crippen molar-refractivity contribution in [1.29, 1.82) is 0 Å². The predicted molar refractivity (Wildman–Crippen MR) is 28.9 cm³/mol. The van der Waals surface area contributed by atoms with E-state index in [1.54, 1.807) is 0 Å². The number of carbonyl (C=O) groups is 1. The van der Waals surface area contributed by atoms with Gasteiger partial charge in [-0.3, -0.25) is 4.79 Å². The predicted octanol–water partition coefficient (Wildman–Crippen LogP) is 0.388. The SMILES string of the molecule is NC(=O)CC=CCF. The van der Waals surface area contributed by atoms with Crippen LogP contribution in [-0.4, -0.2) is 12.6 Å². The van der Waals surface area contributed by atoms with Crippen LogP contribution in [0.2, 0.25) is 0 Å². The van der Waals surface area contributed by atoms with Crippen LogP contribution in [0, 0.1) is 0 Å². The number of nitrogens with two attached hydrogens (primary N) is 1. The number of carbonyl (C=O) groups excluding carboxylic acids is 1. The van der Waals surface area contributed by atoms with Crippen molar-refractivity contribution in [2.75, 3.05) is 6.67 Å². The van der Waals surface area contributed by atoms with Gasteiger partial charge in [0.1, 0.15) is 6.67 Å². The van der Waals surface area contributed by atoms with Gasteiger partial charge in [-0.15, -0.1) is 0 Å². The third-order valence-electron chi connectivity index (χ3n) is 0.575. The Morgan fingerprint density at radius 3 is 2.62 bits per heavy atom. The summed E-state index contributed by atoms with van der Waals surface area (Å²) in [7, 11) is 0. The highest BCUT2D eigenvalue weighted by Crippen LogP contribution is 1.79. The normalized spacial score (nSPS) is 10.1. The van der Waals surface area contributed by atoms with Crippen molar-refractivity contribution >= 4 is 5.91 Å². The molecule has 2 nitrogen and oxygen atoms in total. The lowest BCUT2D eigenvalue weighted by Gasteiger charge is -1.80. The molecule has 1 amide bonds. The minimum atomic E-state index is -0.534. The second kappa shape index (κ2) is 4.30.